The zero-order chi connectivity index (χ0) is 31.7. The van der Waals surface area contributed by atoms with Crippen molar-refractivity contribution in [3.8, 4) is 17.0 Å². The molecular formula is C39H43N3O5. The predicted molar refractivity (Wildman–Crippen MR) is 181 cm³/mol. The average Bonchev–Trinajstić information content (AvgIpc) is 3.34. The first-order valence-electron chi connectivity index (χ1n) is 16.9. The van der Waals surface area contributed by atoms with Crippen molar-refractivity contribution in [1.82, 2.24) is 14.5 Å². The second-order valence-electron chi connectivity index (χ2n) is 13.9. The molecule has 3 aromatic heterocycles. The highest BCUT2D eigenvalue weighted by atomic mass is 16.5. The Morgan fingerprint density at radius 1 is 0.723 bits per heavy atom. The number of hydrogen-bond donors (Lipinski definition) is 0. The molecule has 0 unspecified atom stereocenters. The fourth-order valence-corrected chi connectivity index (χ4v) is 8.00. The lowest BCUT2D eigenvalue weighted by molar-refractivity contribution is -0.264. The van der Waals surface area contributed by atoms with E-state index in [1.807, 2.05) is 42.9 Å². The molecule has 0 saturated heterocycles. The van der Waals surface area contributed by atoms with Gasteiger partial charge in [-0.1, -0.05) is 42.5 Å². The summed E-state index contributed by atoms with van der Waals surface area (Å²) in [5.41, 5.74) is 6.53. The number of ether oxygens (including phenoxy) is 5. The van der Waals surface area contributed by atoms with Crippen LogP contribution < -0.4 is 4.74 Å². The first-order chi connectivity index (χ1) is 23.1. The molecule has 4 fully saturated rings. The minimum atomic E-state index is 0.171. The Kier molecular flexibility index (Phi) is 8.44. The van der Waals surface area contributed by atoms with Crippen LogP contribution in [0.15, 0.2) is 85.3 Å². The van der Waals surface area contributed by atoms with E-state index in [2.05, 4.69) is 64.0 Å². The maximum Gasteiger partial charge on any atom is 0.213 e. The first-order valence-corrected chi connectivity index (χ1v) is 16.9. The summed E-state index contributed by atoms with van der Waals surface area (Å²) in [5, 5.41) is 2.39. The van der Waals surface area contributed by atoms with E-state index in [4.69, 9.17) is 23.7 Å². The van der Waals surface area contributed by atoms with Crippen molar-refractivity contribution in [3.05, 3.63) is 90.9 Å². The number of aromatic nitrogens is 3. The van der Waals surface area contributed by atoms with Gasteiger partial charge >= 0.3 is 0 Å². The molecule has 0 amide bonds. The minimum absolute atomic E-state index is 0.171. The van der Waals surface area contributed by atoms with Gasteiger partial charge in [-0.25, -0.2) is 4.98 Å². The molecule has 0 atom stereocenters. The first kappa shape index (κ1) is 30.5. The van der Waals surface area contributed by atoms with Crippen LogP contribution in [0.5, 0.6) is 5.88 Å². The van der Waals surface area contributed by atoms with Gasteiger partial charge in [-0.3, -0.25) is 4.98 Å². The van der Waals surface area contributed by atoms with E-state index in [9.17, 15) is 0 Å². The van der Waals surface area contributed by atoms with Gasteiger partial charge in [-0.2, -0.15) is 0 Å². The van der Waals surface area contributed by atoms with Gasteiger partial charge in [0.2, 0.25) is 5.88 Å². The number of pyridine rings is 2. The molecule has 0 spiro atoms. The zero-order valence-electron chi connectivity index (χ0n) is 27.1. The highest BCUT2D eigenvalue weighted by molar-refractivity contribution is 6.08. The summed E-state index contributed by atoms with van der Waals surface area (Å²) in [6.45, 7) is 4.78. The Hall–Kier alpha value is -3.82. The lowest BCUT2D eigenvalue weighted by Gasteiger charge is -2.70. The third kappa shape index (κ3) is 6.40. The molecule has 0 N–H and O–H groups in total. The van der Waals surface area contributed by atoms with Crippen molar-refractivity contribution in [1.29, 1.82) is 0 Å². The van der Waals surface area contributed by atoms with E-state index in [1.54, 1.807) is 0 Å². The highest BCUT2D eigenvalue weighted by Gasteiger charge is 2.67. The van der Waals surface area contributed by atoms with Crippen molar-refractivity contribution in [3.63, 3.8) is 0 Å². The normalized spacial score (nSPS) is 24.5. The van der Waals surface area contributed by atoms with Crippen LogP contribution in [0.4, 0.5) is 0 Å². The van der Waals surface area contributed by atoms with E-state index in [0.717, 1.165) is 37.2 Å². The largest absolute Gasteiger partial charge is 0.474 e. The van der Waals surface area contributed by atoms with Crippen molar-refractivity contribution in [2.24, 2.45) is 17.9 Å². The number of hydrogen-bond acceptors (Lipinski definition) is 7. The maximum atomic E-state index is 6.32. The lowest BCUT2D eigenvalue weighted by atomic mass is 9.35. The van der Waals surface area contributed by atoms with Crippen LogP contribution >= 0.6 is 0 Å². The van der Waals surface area contributed by atoms with Crippen LogP contribution in [0.3, 0.4) is 0 Å². The quantitative estimate of drug-likeness (QED) is 0.107. The summed E-state index contributed by atoms with van der Waals surface area (Å²) >= 11 is 0. The third-order valence-electron chi connectivity index (χ3n) is 10.4. The fraction of sp³-hybridized carbons (Fsp3) is 0.436. The van der Waals surface area contributed by atoms with E-state index in [-0.39, 0.29) is 12.2 Å². The maximum absolute atomic E-state index is 6.32. The van der Waals surface area contributed by atoms with Crippen LogP contribution in [0.25, 0.3) is 32.9 Å². The second-order valence-corrected chi connectivity index (χ2v) is 13.9. The topological polar surface area (TPSA) is 76.9 Å². The molecule has 47 heavy (non-hydrogen) atoms. The van der Waals surface area contributed by atoms with Crippen LogP contribution in [-0.4, -0.2) is 66.4 Å². The Labute approximate surface area is 276 Å². The van der Waals surface area contributed by atoms with Gasteiger partial charge in [0.1, 0.15) is 6.10 Å². The summed E-state index contributed by atoms with van der Waals surface area (Å²) < 4.78 is 32.0. The summed E-state index contributed by atoms with van der Waals surface area (Å²) in [6, 6.07) is 22.9. The van der Waals surface area contributed by atoms with Crippen molar-refractivity contribution >= 4 is 21.8 Å². The van der Waals surface area contributed by atoms with Gasteiger partial charge in [0.05, 0.1) is 57.9 Å². The summed E-state index contributed by atoms with van der Waals surface area (Å²) in [6.07, 6.45) is 11.7. The molecule has 4 aliphatic carbocycles. The zero-order valence-corrected chi connectivity index (χ0v) is 27.1. The summed E-state index contributed by atoms with van der Waals surface area (Å²) in [7, 11) is 2.10. The van der Waals surface area contributed by atoms with Gasteiger partial charge in [0.15, 0.2) is 0 Å². The Bertz CT molecular complexity index is 1800. The van der Waals surface area contributed by atoms with E-state index in [0.29, 0.717) is 49.7 Å². The monoisotopic (exact) mass is 633 g/mol. The van der Waals surface area contributed by atoms with Gasteiger partial charge in [-0.15, -0.1) is 0 Å². The van der Waals surface area contributed by atoms with Crippen molar-refractivity contribution < 1.29 is 23.7 Å². The fourth-order valence-electron chi connectivity index (χ4n) is 8.00. The molecule has 2 aromatic carbocycles. The number of aryl methyl sites for hydroxylation is 1. The number of fused-ring (bicyclic) bond motifs is 3. The molecule has 8 heteroatoms. The number of benzene rings is 2. The van der Waals surface area contributed by atoms with Crippen molar-refractivity contribution in [2.45, 2.75) is 50.9 Å². The van der Waals surface area contributed by atoms with Crippen molar-refractivity contribution in [2.75, 3.05) is 39.6 Å². The standard InChI is InChI=1S/C39H43N3O5/c1-42-35-11-12-40-21-34(35)33-9-7-29(17-36(33)42)30-8-10-37(41-20-30)47-32-18-31(19-32)46-27-39-23-38(24-39,25-39)26-45-16-14-43-13-15-44-22-28-5-3-2-4-6-28/h2-12,17,20-21,31-32H,13-16,18-19,22-27H2,1H3/t31-,32-,38?,39?. The number of nitrogens with zero attached hydrogens (tertiary/aromatic N) is 3. The molecule has 3 heterocycles. The molecule has 9 rings (SSSR count). The van der Waals surface area contributed by atoms with Crippen LogP contribution in [0.1, 0.15) is 37.7 Å². The average molecular weight is 634 g/mol. The molecule has 244 valence electrons. The van der Waals surface area contributed by atoms with Crippen LogP contribution in [0, 0.1) is 10.8 Å². The molecular weight excluding hydrogens is 590 g/mol. The van der Waals surface area contributed by atoms with Crippen LogP contribution in [0.2, 0.25) is 0 Å². The molecule has 5 aromatic rings. The SMILES string of the molecule is Cn1c2ccncc2c2ccc(-c3ccc(O[C@H]4C[C@H](OCC56CC(COCCOCCOCc7ccccc7)(C5)C6)C4)nc3)cc21. The van der Waals surface area contributed by atoms with Gasteiger partial charge in [0, 0.05) is 66.4 Å². The molecule has 4 aliphatic rings. The van der Waals surface area contributed by atoms with Crippen LogP contribution in [-0.2, 0) is 32.6 Å². The smallest absolute Gasteiger partial charge is 0.213 e. The van der Waals surface area contributed by atoms with E-state index >= 15 is 0 Å². The summed E-state index contributed by atoms with van der Waals surface area (Å²) in [4.78, 5) is 8.94. The third-order valence-corrected chi connectivity index (χ3v) is 10.4. The predicted octanol–water partition coefficient (Wildman–Crippen LogP) is 7.14. The van der Waals surface area contributed by atoms with E-state index in [1.165, 1.54) is 46.6 Å². The number of rotatable bonds is 16. The highest BCUT2D eigenvalue weighted by Crippen LogP contribution is 2.73. The molecule has 0 radical (unpaired) electrons. The Balaban J connectivity index is 0.695. The minimum Gasteiger partial charge on any atom is -0.474 e. The lowest BCUT2D eigenvalue weighted by Crippen LogP contribution is -2.66. The Morgan fingerprint density at radius 2 is 1.49 bits per heavy atom. The molecule has 4 saturated carbocycles. The molecule has 2 bridgehead atoms. The van der Waals surface area contributed by atoms with Gasteiger partial charge < -0.3 is 28.3 Å². The molecule has 0 aliphatic heterocycles. The summed E-state index contributed by atoms with van der Waals surface area (Å²) in [5.74, 6) is 0.678. The second kappa shape index (κ2) is 13.0. The Morgan fingerprint density at radius 3 is 2.30 bits per heavy atom. The van der Waals surface area contributed by atoms with Gasteiger partial charge in [-0.05, 0) is 59.4 Å². The molecule has 8 nitrogen and oxygen atoms in total. The van der Waals surface area contributed by atoms with E-state index < -0.39 is 0 Å². The van der Waals surface area contributed by atoms with Gasteiger partial charge in [0.25, 0.3) is 0 Å².